The molecule has 2 heterocycles. The van der Waals surface area contributed by atoms with Crippen LogP contribution >= 0.6 is 11.8 Å². The first-order valence-corrected chi connectivity index (χ1v) is 12.1. The van der Waals surface area contributed by atoms with Crippen molar-refractivity contribution in [2.75, 3.05) is 11.5 Å². The Labute approximate surface area is 170 Å². The van der Waals surface area contributed by atoms with E-state index in [1.54, 1.807) is 11.8 Å². The predicted molar refractivity (Wildman–Crippen MR) is 112 cm³/mol. The number of thioether (sulfide) groups is 1. The van der Waals surface area contributed by atoms with E-state index in [9.17, 15) is 8.42 Å². The van der Waals surface area contributed by atoms with Gasteiger partial charge in [-0.25, -0.2) is 8.42 Å². The number of nitrogens with zero attached hydrogens (tertiary/aromatic N) is 3. The highest BCUT2D eigenvalue weighted by Gasteiger charge is 2.29. The normalized spacial score (nSPS) is 18.6. The van der Waals surface area contributed by atoms with E-state index in [1.807, 2.05) is 23.7 Å². The summed E-state index contributed by atoms with van der Waals surface area (Å²) in [7, 11) is -0.909. The average molecular weight is 414 g/mol. The lowest BCUT2D eigenvalue weighted by molar-refractivity contribution is 0.552. The van der Waals surface area contributed by atoms with Gasteiger partial charge < -0.3 is 4.57 Å². The van der Waals surface area contributed by atoms with Gasteiger partial charge in [-0.3, -0.25) is 0 Å². The van der Waals surface area contributed by atoms with Crippen molar-refractivity contribution >= 4 is 21.6 Å². The molecule has 1 aliphatic rings. The number of benzene rings is 2. The summed E-state index contributed by atoms with van der Waals surface area (Å²) in [5, 5.41) is 9.73. The predicted octanol–water partition coefficient (Wildman–Crippen LogP) is 3.67. The van der Waals surface area contributed by atoms with Gasteiger partial charge in [-0.2, -0.15) is 0 Å². The van der Waals surface area contributed by atoms with E-state index < -0.39 is 9.84 Å². The molecule has 1 atom stereocenters. The van der Waals surface area contributed by atoms with Crippen LogP contribution < -0.4 is 0 Å². The van der Waals surface area contributed by atoms with E-state index in [-0.39, 0.29) is 16.9 Å². The Hall–Kier alpha value is -2.12. The Morgan fingerprint density at radius 2 is 1.64 bits per heavy atom. The molecule has 0 N–H and O–H groups in total. The smallest absolute Gasteiger partial charge is 0.191 e. The van der Waals surface area contributed by atoms with E-state index in [0.717, 1.165) is 11.0 Å². The van der Waals surface area contributed by atoms with Crippen molar-refractivity contribution in [1.29, 1.82) is 0 Å². The molecule has 0 aliphatic carbocycles. The number of hydrogen-bond donors (Lipinski definition) is 0. The van der Waals surface area contributed by atoms with Crippen LogP contribution in [0.5, 0.6) is 0 Å². The Bertz CT molecular complexity index is 995. The van der Waals surface area contributed by atoms with Crippen LogP contribution in [-0.2, 0) is 23.3 Å². The van der Waals surface area contributed by atoms with Gasteiger partial charge in [0.2, 0.25) is 0 Å². The van der Waals surface area contributed by atoms with Crippen molar-refractivity contribution in [3.8, 4) is 0 Å². The fraction of sp³-hybridized carbons (Fsp3) is 0.333. The average Bonchev–Trinajstić information content (AvgIpc) is 3.23. The maximum absolute atomic E-state index is 11.7. The zero-order valence-electron chi connectivity index (χ0n) is 15.7. The molecule has 1 saturated heterocycles. The van der Waals surface area contributed by atoms with Crippen molar-refractivity contribution in [2.24, 2.45) is 13.0 Å². The maximum atomic E-state index is 11.7. The number of aromatic nitrogens is 3. The molecule has 1 aromatic heterocycles. The van der Waals surface area contributed by atoms with Crippen LogP contribution in [0.2, 0.25) is 0 Å². The minimum Gasteiger partial charge on any atom is -0.309 e. The van der Waals surface area contributed by atoms with Gasteiger partial charge in [0.1, 0.15) is 5.82 Å². The molecule has 5 nitrogen and oxygen atoms in total. The molecule has 28 heavy (non-hydrogen) atoms. The van der Waals surface area contributed by atoms with E-state index in [0.29, 0.717) is 18.6 Å². The van der Waals surface area contributed by atoms with Crippen molar-refractivity contribution in [3.63, 3.8) is 0 Å². The SMILES string of the molecule is Cn1c(CC2CCS(=O)(=O)C2)nnc1SC(c1ccccc1)c1ccccc1. The monoisotopic (exact) mass is 413 g/mol. The zero-order chi connectivity index (χ0) is 19.6. The molecule has 0 spiro atoms. The third-order valence-electron chi connectivity index (χ3n) is 5.15. The summed E-state index contributed by atoms with van der Waals surface area (Å²) < 4.78 is 25.5. The minimum atomic E-state index is -2.88. The van der Waals surface area contributed by atoms with Crippen LogP contribution in [0, 0.1) is 5.92 Å². The van der Waals surface area contributed by atoms with Crippen molar-refractivity contribution < 1.29 is 8.42 Å². The lowest BCUT2D eigenvalue weighted by Gasteiger charge is -2.17. The van der Waals surface area contributed by atoms with Gasteiger partial charge in [0.05, 0.1) is 16.8 Å². The summed E-state index contributed by atoms with van der Waals surface area (Å²) in [6.45, 7) is 0. The van der Waals surface area contributed by atoms with Gasteiger partial charge in [-0.05, 0) is 23.5 Å². The number of rotatable bonds is 6. The second kappa shape index (κ2) is 8.09. The van der Waals surface area contributed by atoms with Gasteiger partial charge in [0, 0.05) is 13.5 Å². The van der Waals surface area contributed by atoms with Crippen LogP contribution in [-0.4, -0.2) is 34.7 Å². The molecule has 146 valence electrons. The Kier molecular flexibility index (Phi) is 5.55. The van der Waals surface area contributed by atoms with Crippen LogP contribution in [0.15, 0.2) is 65.8 Å². The van der Waals surface area contributed by atoms with Gasteiger partial charge in [-0.1, -0.05) is 72.4 Å². The zero-order valence-corrected chi connectivity index (χ0v) is 17.4. The van der Waals surface area contributed by atoms with Gasteiger partial charge in [0.25, 0.3) is 0 Å². The van der Waals surface area contributed by atoms with E-state index in [2.05, 4.69) is 58.7 Å². The van der Waals surface area contributed by atoms with Gasteiger partial charge >= 0.3 is 0 Å². The maximum Gasteiger partial charge on any atom is 0.191 e. The molecule has 0 bridgehead atoms. The van der Waals surface area contributed by atoms with Gasteiger partial charge in [-0.15, -0.1) is 10.2 Å². The van der Waals surface area contributed by atoms with E-state index >= 15 is 0 Å². The Morgan fingerprint density at radius 1 is 1.04 bits per heavy atom. The van der Waals surface area contributed by atoms with Crippen LogP contribution in [0.4, 0.5) is 0 Å². The van der Waals surface area contributed by atoms with Crippen molar-refractivity contribution in [1.82, 2.24) is 14.8 Å². The first-order chi connectivity index (χ1) is 13.5. The van der Waals surface area contributed by atoms with Crippen LogP contribution in [0.25, 0.3) is 0 Å². The summed E-state index contributed by atoms with van der Waals surface area (Å²) in [5.74, 6) is 1.55. The molecular weight excluding hydrogens is 390 g/mol. The summed E-state index contributed by atoms with van der Waals surface area (Å²) in [6.07, 6.45) is 1.37. The second-order valence-electron chi connectivity index (χ2n) is 7.25. The molecule has 2 aromatic carbocycles. The highest BCUT2D eigenvalue weighted by molar-refractivity contribution is 7.99. The molecule has 0 amide bonds. The largest absolute Gasteiger partial charge is 0.309 e. The minimum absolute atomic E-state index is 0.116. The fourth-order valence-corrected chi connectivity index (χ4v) is 6.62. The lowest BCUT2D eigenvalue weighted by atomic mass is 10.0. The highest BCUT2D eigenvalue weighted by Crippen LogP contribution is 2.39. The molecule has 1 unspecified atom stereocenters. The third kappa shape index (κ3) is 4.31. The number of sulfone groups is 1. The summed E-state index contributed by atoms with van der Waals surface area (Å²) in [4.78, 5) is 0. The van der Waals surface area contributed by atoms with E-state index in [1.165, 1.54) is 11.1 Å². The molecule has 7 heteroatoms. The van der Waals surface area contributed by atoms with Crippen molar-refractivity contribution in [2.45, 2.75) is 23.2 Å². The Morgan fingerprint density at radius 3 is 2.18 bits per heavy atom. The first-order valence-electron chi connectivity index (χ1n) is 9.37. The third-order valence-corrected chi connectivity index (χ3v) is 8.33. The van der Waals surface area contributed by atoms with Crippen LogP contribution in [0.3, 0.4) is 0 Å². The fourth-order valence-electron chi connectivity index (χ4n) is 3.61. The molecule has 0 radical (unpaired) electrons. The summed E-state index contributed by atoms with van der Waals surface area (Å²) in [6, 6.07) is 20.8. The van der Waals surface area contributed by atoms with Crippen LogP contribution in [0.1, 0.15) is 28.6 Å². The topological polar surface area (TPSA) is 64.8 Å². The molecule has 1 fully saturated rings. The van der Waals surface area contributed by atoms with Gasteiger partial charge in [0.15, 0.2) is 15.0 Å². The summed E-state index contributed by atoms with van der Waals surface area (Å²) >= 11 is 1.67. The quantitative estimate of drug-likeness (QED) is 0.577. The molecule has 0 saturated carbocycles. The highest BCUT2D eigenvalue weighted by atomic mass is 32.2. The first kappa shape index (κ1) is 19.2. The van der Waals surface area contributed by atoms with E-state index in [4.69, 9.17) is 0 Å². The molecule has 1 aliphatic heterocycles. The lowest BCUT2D eigenvalue weighted by Crippen LogP contribution is -2.11. The second-order valence-corrected chi connectivity index (χ2v) is 10.6. The molecule has 4 rings (SSSR count). The molecule has 3 aromatic rings. The summed E-state index contributed by atoms with van der Waals surface area (Å²) in [5.41, 5.74) is 2.43. The van der Waals surface area contributed by atoms with Crippen molar-refractivity contribution in [3.05, 3.63) is 77.6 Å². The number of hydrogen-bond acceptors (Lipinski definition) is 5. The standard InChI is InChI=1S/C21H23N3O2S2/c1-24-19(14-16-12-13-28(25,26)15-16)22-23-21(24)27-20(17-8-4-2-5-9-17)18-10-6-3-7-11-18/h2-11,16,20H,12-15H2,1H3. The molecular formula is C21H23N3O2S2. The Balaban J connectivity index is 1.57.